The third-order valence-electron chi connectivity index (χ3n) is 3.23. The van der Waals surface area contributed by atoms with Gasteiger partial charge in [0.1, 0.15) is 5.92 Å². The highest BCUT2D eigenvalue weighted by Crippen LogP contribution is 2.30. The van der Waals surface area contributed by atoms with Crippen molar-refractivity contribution < 1.29 is 14.3 Å². The largest absolute Gasteiger partial charge is 0.465 e. The van der Waals surface area contributed by atoms with Gasteiger partial charge in [-0.1, -0.05) is 29.8 Å². The Morgan fingerprint density at radius 1 is 1.39 bits per heavy atom. The topological polar surface area (TPSA) is 55.4 Å². The van der Waals surface area contributed by atoms with Crippen molar-refractivity contribution in [3.8, 4) is 0 Å². The Kier molecular flexibility index (Phi) is 3.65. The molecule has 1 N–H and O–H groups in total. The molecule has 0 bridgehead atoms. The van der Waals surface area contributed by atoms with E-state index in [2.05, 4.69) is 5.32 Å². The first-order valence-electron chi connectivity index (χ1n) is 6.14. The zero-order valence-corrected chi connectivity index (χ0v) is 10.6. The number of carbonyl (C=O) groups excluding carboxylic acids is 2. The summed E-state index contributed by atoms with van der Waals surface area (Å²) >= 11 is 0. The number of amides is 1. The van der Waals surface area contributed by atoms with Crippen LogP contribution >= 0.6 is 0 Å². The number of carbonyl (C=O) groups is 2. The minimum atomic E-state index is -0.715. The average Bonchev–Trinajstić information content (AvgIpc) is 2.72. The second kappa shape index (κ2) is 5.21. The van der Waals surface area contributed by atoms with Crippen LogP contribution in [-0.4, -0.2) is 25.0 Å². The standard InChI is InChI=1S/C14H17NO3/c1-3-18-14(17)12-11(8-15-13(12)16)10-6-4-9(2)5-7-10/h4-7,11-12H,3,8H2,1-2H3,(H,15,16)/t11-,12-/m0/s1. The van der Waals surface area contributed by atoms with Gasteiger partial charge < -0.3 is 10.1 Å². The lowest BCUT2D eigenvalue weighted by molar-refractivity contribution is -0.151. The number of hydrogen-bond donors (Lipinski definition) is 1. The van der Waals surface area contributed by atoms with Crippen molar-refractivity contribution in [2.45, 2.75) is 19.8 Å². The smallest absolute Gasteiger partial charge is 0.319 e. The zero-order chi connectivity index (χ0) is 13.1. The van der Waals surface area contributed by atoms with Crippen LogP contribution in [0.15, 0.2) is 24.3 Å². The quantitative estimate of drug-likeness (QED) is 0.648. The van der Waals surface area contributed by atoms with Crippen molar-refractivity contribution in [2.75, 3.05) is 13.2 Å². The Morgan fingerprint density at radius 2 is 2.06 bits per heavy atom. The molecule has 18 heavy (non-hydrogen) atoms. The maximum atomic E-state index is 11.8. The predicted molar refractivity (Wildman–Crippen MR) is 67.1 cm³/mol. The van der Waals surface area contributed by atoms with Gasteiger partial charge in [-0.3, -0.25) is 9.59 Å². The van der Waals surface area contributed by atoms with Crippen LogP contribution in [0.5, 0.6) is 0 Å². The van der Waals surface area contributed by atoms with Crippen molar-refractivity contribution in [2.24, 2.45) is 5.92 Å². The Hall–Kier alpha value is -1.84. The second-order valence-corrected chi connectivity index (χ2v) is 4.49. The number of esters is 1. The summed E-state index contributed by atoms with van der Waals surface area (Å²) in [5.41, 5.74) is 2.15. The summed E-state index contributed by atoms with van der Waals surface area (Å²) in [6.45, 7) is 4.53. The Balaban J connectivity index is 2.23. The predicted octanol–water partition coefficient (Wildman–Crippen LogP) is 1.39. The summed E-state index contributed by atoms with van der Waals surface area (Å²) in [5, 5.41) is 2.73. The van der Waals surface area contributed by atoms with Gasteiger partial charge in [0.05, 0.1) is 6.61 Å². The lowest BCUT2D eigenvalue weighted by Gasteiger charge is -2.15. The monoisotopic (exact) mass is 247 g/mol. The van der Waals surface area contributed by atoms with Crippen LogP contribution in [0.25, 0.3) is 0 Å². The fraction of sp³-hybridized carbons (Fsp3) is 0.429. The zero-order valence-electron chi connectivity index (χ0n) is 10.6. The maximum Gasteiger partial charge on any atom is 0.319 e. The van der Waals surface area contributed by atoms with Crippen LogP contribution in [0.1, 0.15) is 24.0 Å². The molecule has 1 amide bonds. The maximum absolute atomic E-state index is 11.8. The van der Waals surface area contributed by atoms with E-state index in [-0.39, 0.29) is 11.8 Å². The van der Waals surface area contributed by atoms with E-state index in [0.717, 1.165) is 11.1 Å². The molecule has 1 aromatic rings. The molecule has 1 heterocycles. The molecule has 0 aromatic heterocycles. The number of aryl methyl sites for hydroxylation is 1. The minimum Gasteiger partial charge on any atom is -0.465 e. The van der Waals surface area contributed by atoms with Gasteiger partial charge in [-0.25, -0.2) is 0 Å². The average molecular weight is 247 g/mol. The van der Waals surface area contributed by atoms with Gasteiger partial charge >= 0.3 is 5.97 Å². The van der Waals surface area contributed by atoms with Gasteiger partial charge in [0.25, 0.3) is 0 Å². The van der Waals surface area contributed by atoms with E-state index in [4.69, 9.17) is 4.74 Å². The summed E-state index contributed by atoms with van der Waals surface area (Å²) in [6.07, 6.45) is 0. The van der Waals surface area contributed by atoms with E-state index in [1.807, 2.05) is 31.2 Å². The van der Waals surface area contributed by atoms with Crippen molar-refractivity contribution in [1.29, 1.82) is 0 Å². The Morgan fingerprint density at radius 3 is 2.67 bits per heavy atom. The summed E-state index contributed by atoms with van der Waals surface area (Å²) in [4.78, 5) is 23.6. The summed E-state index contributed by atoms with van der Waals surface area (Å²) in [5.74, 6) is -1.51. The van der Waals surface area contributed by atoms with Crippen LogP contribution in [0.4, 0.5) is 0 Å². The van der Waals surface area contributed by atoms with E-state index in [1.165, 1.54) is 0 Å². The van der Waals surface area contributed by atoms with Crippen molar-refractivity contribution in [1.82, 2.24) is 5.32 Å². The van der Waals surface area contributed by atoms with Crippen LogP contribution in [0, 0.1) is 12.8 Å². The van der Waals surface area contributed by atoms with E-state index < -0.39 is 11.9 Å². The number of nitrogens with one attached hydrogen (secondary N) is 1. The number of rotatable bonds is 3. The highest BCUT2D eigenvalue weighted by atomic mass is 16.5. The summed E-state index contributed by atoms with van der Waals surface area (Å²) < 4.78 is 4.97. The molecular weight excluding hydrogens is 230 g/mol. The second-order valence-electron chi connectivity index (χ2n) is 4.49. The first-order chi connectivity index (χ1) is 8.63. The molecule has 0 radical (unpaired) electrons. The number of benzene rings is 1. The molecule has 0 unspecified atom stereocenters. The molecule has 2 rings (SSSR count). The highest BCUT2D eigenvalue weighted by molar-refractivity contribution is 6.00. The van der Waals surface area contributed by atoms with Gasteiger partial charge in [-0.15, -0.1) is 0 Å². The Bertz CT molecular complexity index is 453. The van der Waals surface area contributed by atoms with Gasteiger partial charge in [0, 0.05) is 12.5 Å². The molecule has 0 aliphatic carbocycles. The van der Waals surface area contributed by atoms with Crippen LogP contribution < -0.4 is 5.32 Å². The van der Waals surface area contributed by atoms with E-state index in [0.29, 0.717) is 13.2 Å². The van der Waals surface area contributed by atoms with Crippen molar-refractivity contribution in [3.63, 3.8) is 0 Å². The molecule has 0 spiro atoms. The molecule has 2 atom stereocenters. The third kappa shape index (κ3) is 2.37. The van der Waals surface area contributed by atoms with E-state index in [1.54, 1.807) is 6.92 Å². The van der Waals surface area contributed by atoms with Gasteiger partial charge in [-0.05, 0) is 19.4 Å². The molecular formula is C14H17NO3. The minimum absolute atomic E-state index is 0.128. The van der Waals surface area contributed by atoms with Crippen LogP contribution in [-0.2, 0) is 14.3 Å². The number of ether oxygens (including phenoxy) is 1. The first kappa shape index (κ1) is 12.6. The molecule has 0 saturated carbocycles. The first-order valence-corrected chi connectivity index (χ1v) is 6.14. The number of hydrogen-bond acceptors (Lipinski definition) is 3. The molecule has 4 nitrogen and oxygen atoms in total. The SMILES string of the molecule is CCOC(=O)[C@@H]1C(=O)NC[C@H]1c1ccc(C)cc1. The van der Waals surface area contributed by atoms with Gasteiger partial charge in [0.2, 0.25) is 5.91 Å². The molecule has 1 aliphatic heterocycles. The van der Waals surface area contributed by atoms with Gasteiger partial charge in [0.15, 0.2) is 0 Å². The summed E-state index contributed by atoms with van der Waals surface area (Å²) in [6, 6.07) is 7.90. The molecule has 4 heteroatoms. The fourth-order valence-electron chi connectivity index (χ4n) is 2.25. The molecule has 1 fully saturated rings. The lowest BCUT2D eigenvalue weighted by atomic mass is 9.88. The highest BCUT2D eigenvalue weighted by Gasteiger charge is 2.41. The lowest BCUT2D eigenvalue weighted by Crippen LogP contribution is -2.28. The fourth-order valence-corrected chi connectivity index (χ4v) is 2.25. The summed E-state index contributed by atoms with van der Waals surface area (Å²) in [7, 11) is 0. The normalized spacial score (nSPS) is 22.7. The van der Waals surface area contributed by atoms with Gasteiger partial charge in [-0.2, -0.15) is 0 Å². The van der Waals surface area contributed by atoms with E-state index in [9.17, 15) is 9.59 Å². The molecule has 1 saturated heterocycles. The van der Waals surface area contributed by atoms with E-state index >= 15 is 0 Å². The molecule has 1 aromatic carbocycles. The van der Waals surface area contributed by atoms with Crippen LogP contribution in [0.3, 0.4) is 0 Å². The Labute approximate surface area is 106 Å². The molecule has 96 valence electrons. The van der Waals surface area contributed by atoms with Crippen molar-refractivity contribution >= 4 is 11.9 Å². The van der Waals surface area contributed by atoms with Crippen LogP contribution in [0.2, 0.25) is 0 Å². The third-order valence-corrected chi connectivity index (χ3v) is 3.23. The van der Waals surface area contributed by atoms with Crippen molar-refractivity contribution in [3.05, 3.63) is 35.4 Å². The molecule has 1 aliphatic rings.